The first-order chi connectivity index (χ1) is 13.6. The number of nitrogens with zero attached hydrogens (tertiary/aromatic N) is 2. The zero-order valence-corrected chi connectivity index (χ0v) is 17.8. The number of aryl methyl sites for hydroxylation is 1. The summed E-state index contributed by atoms with van der Waals surface area (Å²) in [5.41, 5.74) is 2.80. The first kappa shape index (κ1) is 20.4. The SMILES string of the molecule is CCOc1ccccc1Nc1nnc(SC(C)C(=O)c2ccc(CC)cc2)s1. The molecule has 1 aromatic heterocycles. The zero-order valence-electron chi connectivity index (χ0n) is 16.1. The fourth-order valence-corrected chi connectivity index (χ4v) is 4.60. The highest BCUT2D eigenvalue weighted by Gasteiger charge is 2.19. The fraction of sp³-hybridized carbons (Fsp3) is 0.286. The van der Waals surface area contributed by atoms with Crippen molar-refractivity contribution in [2.24, 2.45) is 0 Å². The smallest absolute Gasteiger partial charge is 0.210 e. The maximum absolute atomic E-state index is 12.7. The van der Waals surface area contributed by atoms with Crippen LogP contribution >= 0.6 is 23.1 Å². The summed E-state index contributed by atoms with van der Waals surface area (Å²) in [6.45, 7) is 6.54. The number of aromatic nitrogens is 2. The minimum absolute atomic E-state index is 0.0963. The van der Waals surface area contributed by atoms with Crippen molar-refractivity contribution in [3.05, 3.63) is 59.7 Å². The summed E-state index contributed by atoms with van der Waals surface area (Å²) in [4.78, 5) is 12.7. The Balaban J connectivity index is 1.64. The molecule has 3 aromatic rings. The van der Waals surface area contributed by atoms with Crippen LogP contribution in [-0.2, 0) is 6.42 Å². The molecule has 146 valence electrons. The molecule has 7 heteroatoms. The van der Waals surface area contributed by atoms with Gasteiger partial charge in [-0.2, -0.15) is 0 Å². The molecule has 0 fully saturated rings. The monoisotopic (exact) mass is 413 g/mol. The lowest BCUT2D eigenvalue weighted by atomic mass is 10.1. The number of benzene rings is 2. The van der Waals surface area contributed by atoms with Crippen molar-refractivity contribution in [2.45, 2.75) is 36.8 Å². The van der Waals surface area contributed by atoms with Gasteiger partial charge in [-0.25, -0.2) is 0 Å². The maximum atomic E-state index is 12.7. The summed E-state index contributed by atoms with van der Waals surface area (Å²) < 4.78 is 6.37. The van der Waals surface area contributed by atoms with Crippen LogP contribution in [0, 0.1) is 0 Å². The first-order valence-electron chi connectivity index (χ1n) is 9.22. The highest BCUT2D eigenvalue weighted by molar-refractivity contribution is 8.02. The van der Waals surface area contributed by atoms with E-state index in [1.807, 2.05) is 62.4 Å². The number of ketones is 1. The summed E-state index contributed by atoms with van der Waals surface area (Å²) in [7, 11) is 0. The number of carbonyl (C=O) groups is 1. The summed E-state index contributed by atoms with van der Waals surface area (Å²) in [6, 6.07) is 15.5. The highest BCUT2D eigenvalue weighted by atomic mass is 32.2. The highest BCUT2D eigenvalue weighted by Crippen LogP contribution is 2.33. The molecule has 1 heterocycles. The normalized spacial score (nSPS) is 11.8. The maximum Gasteiger partial charge on any atom is 0.210 e. The molecule has 0 aliphatic rings. The van der Waals surface area contributed by atoms with Gasteiger partial charge in [-0.05, 0) is 38.0 Å². The van der Waals surface area contributed by atoms with Crippen molar-refractivity contribution in [3.63, 3.8) is 0 Å². The fourth-order valence-electron chi connectivity index (χ4n) is 2.62. The third-order valence-corrected chi connectivity index (χ3v) is 6.15. The molecule has 0 saturated carbocycles. The van der Waals surface area contributed by atoms with Gasteiger partial charge in [-0.3, -0.25) is 4.79 Å². The minimum atomic E-state index is -0.232. The summed E-state index contributed by atoms with van der Waals surface area (Å²) in [5, 5.41) is 12.1. The van der Waals surface area contributed by atoms with E-state index in [1.54, 1.807) is 0 Å². The summed E-state index contributed by atoms with van der Waals surface area (Å²) >= 11 is 2.85. The van der Waals surface area contributed by atoms with Gasteiger partial charge in [-0.1, -0.05) is 66.4 Å². The van der Waals surface area contributed by atoms with Gasteiger partial charge in [-0.15, -0.1) is 10.2 Å². The van der Waals surface area contributed by atoms with E-state index < -0.39 is 0 Å². The third kappa shape index (κ3) is 5.11. The Morgan fingerprint density at radius 1 is 1.14 bits per heavy atom. The zero-order chi connectivity index (χ0) is 19.9. The largest absolute Gasteiger partial charge is 0.492 e. The molecule has 0 aliphatic heterocycles. The number of Topliss-reactive ketones (excluding diaryl/α,β-unsaturated/α-hetero) is 1. The number of hydrogen-bond donors (Lipinski definition) is 1. The second-order valence-corrected chi connectivity index (χ2v) is 8.67. The average molecular weight is 414 g/mol. The molecule has 3 rings (SSSR count). The van der Waals surface area contributed by atoms with E-state index in [4.69, 9.17) is 4.74 Å². The van der Waals surface area contributed by atoms with Gasteiger partial charge in [0.25, 0.3) is 0 Å². The van der Waals surface area contributed by atoms with Crippen molar-refractivity contribution < 1.29 is 9.53 Å². The molecular formula is C21H23N3O2S2. The average Bonchev–Trinajstić information content (AvgIpc) is 3.16. The van der Waals surface area contributed by atoms with Crippen LogP contribution < -0.4 is 10.1 Å². The second-order valence-electron chi connectivity index (χ2n) is 6.10. The van der Waals surface area contributed by atoms with E-state index in [2.05, 4.69) is 22.4 Å². The van der Waals surface area contributed by atoms with Crippen LogP contribution in [0.5, 0.6) is 5.75 Å². The third-order valence-electron chi connectivity index (χ3n) is 4.13. The Hall–Kier alpha value is -2.38. The molecule has 1 N–H and O–H groups in total. The van der Waals surface area contributed by atoms with E-state index in [0.717, 1.165) is 27.8 Å². The number of hydrogen-bond acceptors (Lipinski definition) is 7. The number of para-hydroxylation sites is 2. The van der Waals surface area contributed by atoms with Crippen LogP contribution in [-0.4, -0.2) is 27.8 Å². The molecule has 2 aromatic carbocycles. The van der Waals surface area contributed by atoms with Crippen LogP contribution in [0.25, 0.3) is 0 Å². The molecule has 0 amide bonds. The van der Waals surface area contributed by atoms with Crippen molar-refractivity contribution in [2.75, 3.05) is 11.9 Å². The Morgan fingerprint density at radius 3 is 2.61 bits per heavy atom. The van der Waals surface area contributed by atoms with E-state index in [1.165, 1.54) is 28.7 Å². The lowest BCUT2D eigenvalue weighted by Gasteiger charge is -2.09. The van der Waals surface area contributed by atoms with Crippen molar-refractivity contribution in [1.82, 2.24) is 10.2 Å². The topological polar surface area (TPSA) is 64.1 Å². The summed E-state index contributed by atoms with van der Waals surface area (Å²) in [5.74, 6) is 0.868. The molecule has 1 atom stereocenters. The number of thioether (sulfide) groups is 1. The molecule has 0 saturated heterocycles. The molecule has 0 bridgehead atoms. The van der Waals surface area contributed by atoms with Gasteiger partial charge >= 0.3 is 0 Å². The Bertz CT molecular complexity index is 925. The Kier molecular flexibility index (Phi) is 7.06. The van der Waals surface area contributed by atoms with E-state index in [-0.39, 0.29) is 11.0 Å². The molecule has 0 aliphatic carbocycles. The van der Waals surface area contributed by atoms with Crippen LogP contribution in [0.15, 0.2) is 52.9 Å². The van der Waals surface area contributed by atoms with E-state index in [9.17, 15) is 4.79 Å². The molecule has 1 unspecified atom stereocenters. The Labute approximate surface area is 173 Å². The first-order valence-corrected chi connectivity index (χ1v) is 10.9. The number of nitrogens with one attached hydrogen (secondary N) is 1. The van der Waals surface area contributed by atoms with Gasteiger partial charge < -0.3 is 10.1 Å². The van der Waals surface area contributed by atoms with Gasteiger partial charge in [0.05, 0.1) is 17.5 Å². The van der Waals surface area contributed by atoms with Gasteiger partial charge in [0.1, 0.15) is 5.75 Å². The number of ether oxygens (including phenoxy) is 1. The molecule has 0 radical (unpaired) electrons. The van der Waals surface area contributed by atoms with Crippen LogP contribution in [0.4, 0.5) is 10.8 Å². The summed E-state index contributed by atoms with van der Waals surface area (Å²) in [6.07, 6.45) is 0.964. The van der Waals surface area contributed by atoms with Crippen molar-refractivity contribution in [3.8, 4) is 5.75 Å². The molecule has 0 spiro atoms. The molecular weight excluding hydrogens is 390 g/mol. The Morgan fingerprint density at radius 2 is 1.89 bits per heavy atom. The van der Waals surface area contributed by atoms with Gasteiger partial charge in [0, 0.05) is 5.56 Å². The molecule has 28 heavy (non-hydrogen) atoms. The lowest BCUT2D eigenvalue weighted by Crippen LogP contribution is -2.13. The number of anilines is 2. The standard InChI is InChI=1S/C21H23N3O2S2/c1-4-15-10-12-16(13-11-15)19(25)14(3)27-21-24-23-20(28-21)22-17-8-6-7-9-18(17)26-5-2/h6-14H,4-5H2,1-3H3,(H,22,23). The van der Waals surface area contributed by atoms with E-state index in [0.29, 0.717) is 11.7 Å². The van der Waals surface area contributed by atoms with Crippen molar-refractivity contribution >= 4 is 39.7 Å². The lowest BCUT2D eigenvalue weighted by molar-refractivity contribution is 0.0994. The predicted octanol–water partition coefficient (Wildman–Crippen LogP) is 5.61. The van der Waals surface area contributed by atoms with Crippen LogP contribution in [0.2, 0.25) is 0 Å². The number of rotatable bonds is 9. The van der Waals surface area contributed by atoms with Crippen LogP contribution in [0.3, 0.4) is 0 Å². The van der Waals surface area contributed by atoms with Crippen LogP contribution in [0.1, 0.15) is 36.7 Å². The quantitative estimate of drug-likeness (QED) is 0.363. The van der Waals surface area contributed by atoms with Crippen molar-refractivity contribution in [1.29, 1.82) is 0 Å². The van der Waals surface area contributed by atoms with Gasteiger partial charge in [0.15, 0.2) is 10.1 Å². The predicted molar refractivity (Wildman–Crippen MR) is 116 cm³/mol. The molecule has 5 nitrogen and oxygen atoms in total. The number of carbonyl (C=O) groups excluding carboxylic acids is 1. The second kappa shape index (κ2) is 9.71. The van der Waals surface area contributed by atoms with E-state index >= 15 is 0 Å². The van der Waals surface area contributed by atoms with Gasteiger partial charge in [0.2, 0.25) is 5.13 Å². The minimum Gasteiger partial charge on any atom is -0.492 e.